The van der Waals surface area contributed by atoms with E-state index in [1.165, 1.54) is 28.9 Å². The Balaban J connectivity index is 2.29. The number of anilines is 1. The summed E-state index contributed by atoms with van der Waals surface area (Å²) in [5.41, 5.74) is 0.476. The summed E-state index contributed by atoms with van der Waals surface area (Å²) in [7, 11) is -0.461. The molecule has 0 bridgehead atoms. The first-order chi connectivity index (χ1) is 9.45. The molecule has 0 saturated heterocycles. The Morgan fingerprint density at radius 3 is 2.75 bits per heavy atom. The molecule has 1 N–H and O–H groups in total. The van der Waals surface area contributed by atoms with Gasteiger partial charge >= 0.3 is 0 Å². The van der Waals surface area contributed by atoms with Crippen LogP contribution in [0.25, 0.3) is 0 Å². The van der Waals surface area contributed by atoms with E-state index in [2.05, 4.69) is 10.3 Å². The highest BCUT2D eigenvalue weighted by atomic mass is 35.5. The van der Waals surface area contributed by atoms with E-state index in [4.69, 9.17) is 11.6 Å². The molecule has 0 aromatic carbocycles. The molecular weight excluding hydrogens is 318 g/mol. The molecule has 0 spiro atoms. The molecule has 2 rings (SSSR count). The Labute approximate surface area is 127 Å². The Morgan fingerprint density at radius 2 is 2.15 bits per heavy atom. The molecule has 0 unspecified atom stereocenters. The third-order valence-electron chi connectivity index (χ3n) is 2.70. The van der Waals surface area contributed by atoms with Gasteiger partial charge in [0.15, 0.2) is 5.03 Å². The van der Waals surface area contributed by atoms with Crippen molar-refractivity contribution < 1.29 is 8.42 Å². The monoisotopic (exact) mass is 331 g/mol. The lowest BCUT2D eigenvalue weighted by Gasteiger charge is -2.17. The van der Waals surface area contributed by atoms with E-state index >= 15 is 0 Å². The fourth-order valence-corrected chi connectivity index (χ4v) is 4.14. The maximum atomic E-state index is 12.5. The number of thiophene rings is 1. The quantitative estimate of drug-likeness (QED) is 0.915. The van der Waals surface area contributed by atoms with Gasteiger partial charge in [-0.3, -0.25) is 0 Å². The first-order valence-corrected chi connectivity index (χ1v) is 8.42. The molecule has 2 heterocycles. The predicted octanol–water partition coefficient (Wildman–Crippen LogP) is 2.66. The van der Waals surface area contributed by atoms with Crippen molar-refractivity contribution >= 4 is 38.6 Å². The van der Waals surface area contributed by atoms with Crippen molar-refractivity contribution in [2.75, 3.05) is 19.4 Å². The summed E-state index contributed by atoms with van der Waals surface area (Å²) in [5.74, 6) is 0. The number of aromatic nitrogens is 1. The number of pyridine rings is 1. The van der Waals surface area contributed by atoms with Crippen LogP contribution in [0.15, 0.2) is 35.5 Å². The molecule has 0 radical (unpaired) electrons. The molecule has 0 aliphatic carbocycles. The van der Waals surface area contributed by atoms with E-state index in [1.54, 1.807) is 25.2 Å². The molecule has 0 saturated carbocycles. The zero-order valence-electron chi connectivity index (χ0n) is 11.0. The van der Waals surface area contributed by atoms with Crippen molar-refractivity contribution in [1.82, 2.24) is 9.29 Å². The highest BCUT2D eigenvalue weighted by Crippen LogP contribution is 2.26. The van der Waals surface area contributed by atoms with Crippen LogP contribution in [0.3, 0.4) is 0 Å². The minimum Gasteiger partial charge on any atom is -0.386 e. The standard InChI is InChI=1S/C12H14ClN3O2S2/c1-14-10-4-3-7-15-12(10)20(17,18)16(2)8-9-5-6-11(13)19-9/h3-7,14H,8H2,1-2H3. The molecule has 0 amide bonds. The van der Waals surface area contributed by atoms with Crippen molar-refractivity contribution in [3.05, 3.63) is 39.7 Å². The highest BCUT2D eigenvalue weighted by molar-refractivity contribution is 7.89. The molecule has 108 valence electrons. The molecule has 2 aromatic heterocycles. The Bertz CT molecular complexity index is 700. The van der Waals surface area contributed by atoms with Crippen LogP contribution in [0, 0.1) is 0 Å². The minimum atomic E-state index is -3.65. The van der Waals surface area contributed by atoms with E-state index in [0.717, 1.165) is 4.88 Å². The number of nitrogens with one attached hydrogen (secondary N) is 1. The van der Waals surface area contributed by atoms with Crippen LogP contribution in [0.1, 0.15) is 4.88 Å². The average Bonchev–Trinajstić information content (AvgIpc) is 2.84. The van der Waals surface area contributed by atoms with Gasteiger partial charge < -0.3 is 5.32 Å². The Kier molecular flexibility index (Phi) is 4.64. The average molecular weight is 332 g/mol. The van der Waals surface area contributed by atoms with Crippen LogP contribution in [0.2, 0.25) is 4.34 Å². The van der Waals surface area contributed by atoms with Gasteiger partial charge in [-0.05, 0) is 24.3 Å². The van der Waals surface area contributed by atoms with Gasteiger partial charge in [0, 0.05) is 31.7 Å². The maximum absolute atomic E-state index is 12.5. The fourth-order valence-electron chi connectivity index (χ4n) is 1.68. The van der Waals surface area contributed by atoms with Crippen molar-refractivity contribution in [2.24, 2.45) is 0 Å². The molecule has 5 nitrogen and oxygen atoms in total. The third-order valence-corrected chi connectivity index (χ3v) is 5.68. The molecule has 2 aromatic rings. The molecular formula is C12H14ClN3O2S2. The lowest BCUT2D eigenvalue weighted by molar-refractivity contribution is 0.467. The molecule has 0 aliphatic heterocycles. The highest BCUT2D eigenvalue weighted by Gasteiger charge is 2.25. The Hall–Kier alpha value is -1.15. The molecule has 8 heteroatoms. The van der Waals surface area contributed by atoms with E-state index in [1.807, 2.05) is 6.07 Å². The molecule has 20 heavy (non-hydrogen) atoms. The van der Waals surface area contributed by atoms with Crippen molar-refractivity contribution in [1.29, 1.82) is 0 Å². The van der Waals surface area contributed by atoms with E-state index in [-0.39, 0.29) is 11.6 Å². The van der Waals surface area contributed by atoms with Gasteiger partial charge in [-0.15, -0.1) is 11.3 Å². The molecule has 0 fully saturated rings. The number of nitrogens with zero attached hydrogens (tertiary/aromatic N) is 2. The number of rotatable bonds is 5. The summed E-state index contributed by atoms with van der Waals surface area (Å²) in [5, 5.41) is 2.86. The lowest BCUT2D eigenvalue weighted by Crippen LogP contribution is -2.27. The van der Waals surface area contributed by atoms with Gasteiger partial charge in [0.05, 0.1) is 10.0 Å². The van der Waals surface area contributed by atoms with Crippen molar-refractivity contribution in [3.8, 4) is 0 Å². The number of hydrogen-bond donors (Lipinski definition) is 1. The fraction of sp³-hybridized carbons (Fsp3) is 0.250. The summed E-state index contributed by atoms with van der Waals surface area (Å²) in [6.07, 6.45) is 1.46. The lowest BCUT2D eigenvalue weighted by atomic mass is 10.4. The minimum absolute atomic E-state index is 0.0210. The van der Waals surface area contributed by atoms with E-state index < -0.39 is 10.0 Å². The summed E-state index contributed by atoms with van der Waals surface area (Å²) in [4.78, 5) is 4.85. The van der Waals surface area contributed by atoms with Crippen LogP contribution >= 0.6 is 22.9 Å². The maximum Gasteiger partial charge on any atom is 0.262 e. The largest absolute Gasteiger partial charge is 0.386 e. The van der Waals surface area contributed by atoms with Crippen LogP contribution in [-0.2, 0) is 16.6 Å². The first kappa shape index (κ1) is 15.2. The number of hydrogen-bond acceptors (Lipinski definition) is 5. The van der Waals surface area contributed by atoms with Gasteiger partial charge in [-0.1, -0.05) is 11.6 Å². The zero-order valence-corrected chi connectivity index (χ0v) is 13.4. The van der Waals surface area contributed by atoms with Crippen LogP contribution in [-0.4, -0.2) is 31.8 Å². The Morgan fingerprint density at radius 1 is 1.40 bits per heavy atom. The van der Waals surface area contributed by atoms with Crippen molar-refractivity contribution in [2.45, 2.75) is 11.6 Å². The normalized spacial score (nSPS) is 11.8. The summed E-state index contributed by atoms with van der Waals surface area (Å²) < 4.78 is 26.9. The van der Waals surface area contributed by atoms with E-state index in [0.29, 0.717) is 10.0 Å². The van der Waals surface area contributed by atoms with Gasteiger partial charge in [0.25, 0.3) is 10.0 Å². The topological polar surface area (TPSA) is 62.3 Å². The van der Waals surface area contributed by atoms with Gasteiger partial charge in [0.2, 0.25) is 0 Å². The van der Waals surface area contributed by atoms with Gasteiger partial charge in [-0.2, -0.15) is 4.31 Å². The van der Waals surface area contributed by atoms with Crippen LogP contribution in [0.5, 0.6) is 0 Å². The predicted molar refractivity (Wildman–Crippen MR) is 81.8 cm³/mol. The second-order valence-corrected chi connectivity index (χ2v) is 7.83. The van der Waals surface area contributed by atoms with Crippen LogP contribution in [0.4, 0.5) is 5.69 Å². The SMILES string of the molecule is CNc1cccnc1S(=O)(=O)N(C)Cc1ccc(Cl)s1. The number of halogens is 1. The van der Waals surface area contributed by atoms with Crippen molar-refractivity contribution in [3.63, 3.8) is 0 Å². The second-order valence-electron chi connectivity index (χ2n) is 4.07. The van der Waals surface area contributed by atoms with Gasteiger partial charge in [-0.25, -0.2) is 13.4 Å². The summed E-state index contributed by atoms with van der Waals surface area (Å²) >= 11 is 7.21. The van der Waals surface area contributed by atoms with Gasteiger partial charge in [0.1, 0.15) is 0 Å². The molecule has 0 atom stereocenters. The second kappa shape index (κ2) is 6.09. The summed E-state index contributed by atoms with van der Waals surface area (Å²) in [6.45, 7) is 0.263. The number of sulfonamides is 1. The zero-order chi connectivity index (χ0) is 14.8. The first-order valence-electron chi connectivity index (χ1n) is 5.78. The summed E-state index contributed by atoms with van der Waals surface area (Å²) in [6, 6.07) is 6.93. The third kappa shape index (κ3) is 3.12. The van der Waals surface area contributed by atoms with Crippen LogP contribution < -0.4 is 5.32 Å². The smallest absolute Gasteiger partial charge is 0.262 e. The van der Waals surface area contributed by atoms with E-state index in [9.17, 15) is 8.42 Å². The molecule has 0 aliphatic rings.